The van der Waals surface area contributed by atoms with E-state index in [2.05, 4.69) is 44.6 Å². The van der Waals surface area contributed by atoms with Crippen molar-refractivity contribution < 1.29 is 9.53 Å². The van der Waals surface area contributed by atoms with Crippen molar-refractivity contribution in [3.8, 4) is 17.0 Å². The number of rotatable bonds is 7. The number of methoxy groups -OCH3 is 1. The van der Waals surface area contributed by atoms with E-state index in [4.69, 9.17) is 9.53 Å². The first-order chi connectivity index (χ1) is 14.5. The molecule has 0 spiro atoms. The Hall–Kier alpha value is -3.48. The highest BCUT2D eigenvalue weighted by atomic mass is 16.5. The smallest absolute Gasteiger partial charge is 0.129 e. The van der Waals surface area contributed by atoms with Crippen LogP contribution in [-0.2, 0) is 4.79 Å². The van der Waals surface area contributed by atoms with Crippen molar-refractivity contribution >= 4 is 17.8 Å². The first-order valence-corrected chi connectivity index (χ1v) is 9.76. The molecular formula is C23H29N5O2. The number of aromatic nitrogens is 3. The normalized spacial score (nSPS) is 11.0. The maximum absolute atomic E-state index is 8.81. The number of aldehydes is 1. The summed E-state index contributed by atoms with van der Waals surface area (Å²) in [6.45, 7) is 6.31. The number of ether oxygens (including phenoxy) is 1. The number of carbonyl (C=O) groups excluding carboxylic acids is 1. The molecule has 158 valence electrons. The first kappa shape index (κ1) is 22.8. The fourth-order valence-electron chi connectivity index (χ4n) is 2.87. The van der Waals surface area contributed by atoms with E-state index in [1.807, 2.05) is 44.4 Å². The first-order valence-electron chi connectivity index (χ1n) is 9.76. The highest BCUT2D eigenvalue weighted by Crippen LogP contribution is 2.29. The van der Waals surface area contributed by atoms with Gasteiger partial charge in [0.25, 0.3) is 0 Å². The van der Waals surface area contributed by atoms with Gasteiger partial charge in [-0.25, -0.2) is 9.97 Å². The maximum Gasteiger partial charge on any atom is 0.129 e. The highest BCUT2D eigenvalue weighted by Gasteiger charge is 2.12. The van der Waals surface area contributed by atoms with Crippen LogP contribution in [0.3, 0.4) is 0 Å². The van der Waals surface area contributed by atoms with E-state index >= 15 is 0 Å². The van der Waals surface area contributed by atoms with Gasteiger partial charge in [-0.1, -0.05) is 13.0 Å². The van der Waals surface area contributed by atoms with E-state index in [1.165, 1.54) is 6.92 Å². The minimum Gasteiger partial charge on any atom is -0.496 e. The number of hydrogen-bond donors (Lipinski definition) is 2. The van der Waals surface area contributed by atoms with E-state index in [0.29, 0.717) is 0 Å². The fraction of sp³-hybridized carbons (Fsp3) is 0.304. The molecule has 30 heavy (non-hydrogen) atoms. The van der Waals surface area contributed by atoms with Crippen LogP contribution < -0.4 is 15.4 Å². The van der Waals surface area contributed by atoms with Crippen LogP contribution in [0.15, 0.2) is 48.9 Å². The van der Waals surface area contributed by atoms with Gasteiger partial charge in [-0.05, 0) is 37.6 Å². The second kappa shape index (κ2) is 11.5. The van der Waals surface area contributed by atoms with Crippen LogP contribution in [0.4, 0.5) is 11.5 Å². The minimum atomic E-state index is 0.255. The van der Waals surface area contributed by atoms with E-state index in [-0.39, 0.29) is 5.92 Å². The highest BCUT2D eigenvalue weighted by molar-refractivity contribution is 5.61. The number of hydrogen-bond acceptors (Lipinski definition) is 7. The van der Waals surface area contributed by atoms with E-state index < -0.39 is 0 Å². The molecule has 3 aromatic rings. The summed E-state index contributed by atoms with van der Waals surface area (Å²) >= 11 is 0. The van der Waals surface area contributed by atoms with Crippen molar-refractivity contribution in [1.29, 1.82) is 0 Å². The molecule has 0 fully saturated rings. The lowest BCUT2D eigenvalue weighted by molar-refractivity contribution is -0.106. The van der Waals surface area contributed by atoms with Crippen LogP contribution in [-0.4, -0.2) is 41.9 Å². The molecule has 1 unspecified atom stereocenters. The number of anilines is 2. The van der Waals surface area contributed by atoms with Gasteiger partial charge in [0.1, 0.15) is 24.2 Å². The predicted molar refractivity (Wildman–Crippen MR) is 121 cm³/mol. The summed E-state index contributed by atoms with van der Waals surface area (Å²) in [6, 6.07) is 12.1. The van der Waals surface area contributed by atoms with Crippen LogP contribution in [0.1, 0.15) is 31.0 Å². The third-order valence-corrected chi connectivity index (χ3v) is 4.52. The van der Waals surface area contributed by atoms with Crippen molar-refractivity contribution in [3.05, 3.63) is 60.2 Å². The van der Waals surface area contributed by atoms with E-state index in [0.717, 1.165) is 52.6 Å². The second-order valence-corrected chi connectivity index (χ2v) is 6.70. The molecule has 2 heterocycles. The summed E-state index contributed by atoms with van der Waals surface area (Å²) in [5.41, 5.74) is 4.99. The third-order valence-electron chi connectivity index (χ3n) is 4.52. The van der Waals surface area contributed by atoms with Crippen molar-refractivity contribution in [2.24, 2.45) is 0 Å². The molecule has 0 saturated carbocycles. The predicted octanol–water partition coefficient (Wildman–Crippen LogP) is 4.32. The zero-order chi connectivity index (χ0) is 21.9. The molecule has 0 aliphatic rings. The third kappa shape index (κ3) is 6.27. The Morgan fingerprint density at radius 1 is 1.13 bits per heavy atom. The Kier molecular flexibility index (Phi) is 8.75. The molecule has 7 nitrogen and oxygen atoms in total. The SMILES string of the molecule is CC=O.CNc1ccc(C(C)CNc2cc(-c3ccc(C)nc3)ncn2)c(OC)c1. The van der Waals surface area contributed by atoms with Gasteiger partial charge in [0.2, 0.25) is 0 Å². The van der Waals surface area contributed by atoms with Crippen LogP contribution in [0.25, 0.3) is 11.3 Å². The summed E-state index contributed by atoms with van der Waals surface area (Å²) in [5, 5.41) is 6.53. The van der Waals surface area contributed by atoms with Crippen molar-refractivity contribution in [3.63, 3.8) is 0 Å². The molecule has 3 rings (SSSR count). The van der Waals surface area contributed by atoms with Crippen molar-refractivity contribution in [2.75, 3.05) is 31.3 Å². The standard InChI is InChI=1S/C21H25N5O.C2H4O/c1-14(18-8-7-17(22-3)9-20(18)27-4)11-24-21-10-19(25-13-26-21)16-6-5-15(2)23-12-16;1-2-3/h5-10,12-14,22H,11H2,1-4H3,(H,24,25,26);2H,1H3. The van der Waals surface area contributed by atoms with Crippen LogP contribution in [0.2, 0.25) is 0 Å². The topological polar surface area (TPSA) is 89.0 Å². The molecule has 0 aliphatic carbocycles. The zero-order valence-electron chi connectivity index (χ0n) is 18.1. The Labute approximate surface area is 178 Å². The lowest BCUT2D eigenvalue weighted by atomic mass is 9.99. The summed E-state index contributed by atoms with van der Waals surface area (Å²) < 4.78 is 5.55. The molecule has 0 aliphatic heterocycles. The molecule has 0 radical (unpaired) electrons. The summed E-state index contributed by atoms with van der Waals surface area (Å²) in [4.78, 5) is 21.8. The Bertz CT molecular complexity index is 945. The van der Waals surface area contributed by atoms with Crippen LogP contribution in [0, 0.1) is 6.92 Å². The number of nitrogens with one attached hydrogen (secondary N) is 2. The van der Waals surface area contributed by atoms with Gasteiger partial charge in [0.05, 0.1) is 12.8 Å². The number of carbonyl (C=O) groups is 1. The van der Waals surface area contributed by atoms with Gasteiger partial charge < -0.3 is 20.2 Å². The molecular weight excluding hydrogens is 378 g/mol. The van der Waals surface area contributed by atoms with Crippen molar-refractivity contribution in [2.45, 2.75) is 26.7 Å². The summed E-state index contributed by atoms with van der Waals surface area (Å²) in [6.07, 6.45) is 4.16. The molecule has 2 N–H and O–H groups in total. The van der Waals surface area contributed by atoms with E-state index in [9.17, 15) is 0 Å². The van der Waals surface area contributed by atoms with Gasteiger partial charge in [-0.2, -0.15) is 0 Å². The molecule has 1 atom stereocenters. The lowest BCUT2D eigenvalue weighted by Crippen LogP contribution is -2.12. The number of aryl methyl sites for hydroxylation is 1. The molecule has 1 aromatic carbocycles. The lowest BCUT2D eigenvalue weighted by Gasteiger charge is -2.18. The number of nitrogens with zero attached hydrogens (tertiary/aromatic N) is 3. The summed E-state index contributed by atoms with van der Waals surface area (Å²) in [7, 11) is 3.60. The quantitative estimate of drug-likeness (QED) is 0.564. The number of pyridine rings is 1. The van der Waals surface area contributed by atoms with Gasteiger partial charge >= 0.3 is 0 Å². The Morgan fingerprint density at radius 2 is 1.90 bits per heavy atom. The average molecular weight is 408 g/mol. The molecule has 7 heteroatoms. The Balaban J connectivity index is 0.00000101. The monoisotopic (exact) mass is 407 g/mol. The van der Waals surface area contributed by atoms with Gasteiger partial charge in [0.15, 0.2) is 0 Å². The zero-order valence-corrected chi connectivity index (χ0v) is 18.1. The summed E-state index contributed by atoms with van der Waals surface area (Å²) in [5.74, 6) is 1.92. The van der Waals surface area contributed by atoms with Gasteiger partial charge in [-0.15, -0.1) is 0 Å². The van der Waals surface area contributed by atoms with Gasteiger partial charge in [-0.3, -0.25) is 4.98 Å². The fourth-order valence-corrected chi connectivity index (χ4v) is 2.87. The Morgan fingerprint density at radius 3 is 2.53 bits per heavy atom. The minimum absolute atomic E-state index is 0.255. The average Bonchev–Trinajstić information content (AvgIpc) is 2.78. The molecule has 0 amide bonds. The number of benzene rings is 1. The van der Waals surface area contributed by atoms with E-state index in [1.54, 1.807) is 13.4 Å². The molecule has 2 aromatic heterocycles. The van der Waals surface area contributed by atoms with Crippen LogP contribution >= 0.6 is 0 Å². The largest absolute Gasteiger partial charge is 0.496 e. The van der Waals surface area contributed by atoms with Crippen molar-refractivity contribution in [1.82, 2.24) is 15.0 Å². The molecule has 0 bridgehead atoms. The maximum atomic E-state index is 8.81. The van der Waals surface area contributed by atoms with Gasteiger partial charge in [0, 0.05) is 54.8 Å². The second-order valence-electron chi connectivity index (χ2n) is 6.70. The van der Waals surface area contributed by atoms with Crippen LogP contribution in [0.5, 0.6) is 5.75 Å². The molecule has 0 saturated heterocycles.